The average Bonchev–Trinajstić information content (AvgIpc) is 2.46. The first-order valence-corrected chi connectivity index (χ1v) is 7.71. The van der Waals surface area contributed by atoms with Crippen LogP contribution < -0.4 is 10.1 Å². The highest BCUT2D eigenvalue weighted by molar-refractivity contribution is 5.41. The van der Waals surface area contributed by atoms with Crippen LogP contribution in [0.25, 0.3) is 0 Å². The van der Waals surface area contributed by atoms with E-state index in [0.29, 0.717) is 11.8 Å². The standard InChI is InChI=1S/C17H27NO2/c1-12(2)14-6-4-5-7-15(14)18-11-13-8-9-16(19)17(10-13)20-3/h8-10,12,14-15,18-19H,4-7,11H2,1-3H3. The summed E-state index contributed by atoms with van der Waals surface area (Å²) in [4.78, 5) is 0. The van der Waals surface area contributed by atoms with Crippen LogP contribution in [0.2, 0.25) is 0 Å². The van der Waals surface area contributed by atoms with E-state index in [2.05, 4.69) is 19.2 Å². The molecule has 0 radical (unpaired) electrons. The van der Waals surface area contributed by atoms with Gasteiger partial charge in [-0.2, -0.15) is 0 Å². The van der Waals surface area contributed by atoms with Crippen LogP contribution in [-0.2, 0) is 6.54 Å². The SMILES string of the molecule is COc1cc(CNC2CCCCC2C(C)C)ccc1O. The molecule has 1 aliphatic rings. The lowest BCUT2D eigenvalue weighted by Gasteiger charge is -2.35. The summed E-state index contributed by atoms with van der Waals surface area (Å²) in [5.74, 6) is 2.27. The van der Waals surface area contributed by atoms with Gasteiger partial charge < -0.3 is 15.2 Å². The number of hydrogen-bond acceptors (Lipinski definition) is 3. The van der Waals surface area contributed by atoms with Crippen molar-refractivity contribution in [2.75, 3.05) is 7.11 Å². The number of nitrogens with one attached hydrogen (secondary N) is 1. The molecule has 0 saturated heterocycles. The van der Waals surface area contributed by atoms with Crippen LogP contribution in [0.4, 0.5) is 0 Å². The number of hydrogen-bond donors (Lipinski definition) is 2. The van der Waals surface area contributed by atoms with Crippen LogP contribution in [0.15, 0.2) is 18.2 Å². The number of benzene rings is 1. The molecule has 1 saturated carbocycles. The first kappa shape index (κ1) is 15.2. The summed E-state index contributed by atoms with van der Waals surface area (Å²) in [7, 11) is 1.59. The molecule has 2 rings (SSSR count). The van der Waals surface area contributed by atoms with E-state index in [1.165, 1.54) is 25.7 Å². The Morgan fingerprint density at radius 3 is 2.75 bits per heavy atom. The molecule has 0 bridgehead atoms. The molecule has 1 aromatic rings. The minimum atomic E-state index is 0.203. The maximum atomic E-state index is 9.62. The van der Waals surface area contributed by atoms with Crippen LogP contribution in [0.3, 0.4) is 0 Å². The highest BCUT2D eigenvalue weighted by Gasteiger charge is 2.26. The molecule has 0 aliphatic heterocycles. The predicted molar refractivity (Wildman–Crippen MR) is 82.1 cm³/mol. The first-order chi connectivity index (χ1) is 9.61. The fourth-order valence-electron chi connectivity index (χ4n) is 3.29. The average molecular weight is 277 g/mol. The van der Waals surface area contributed by atoms with E-state index < -0.39 is 0 Å². The summed E-state index contributed by atoms with van der Waals surface area (Å²) < 4.78 is 5.16. The molecule has 2 atom stereocenters. The highest BCUT2D eigenvalue weighted by Crippen LogP contribution is 2.31. The lowest BCUT2D eigenvalue weighted by Crippen LogP contribution is -2.40. The van der Waals surface area contributed by atoms with Crippen LogP contribution in [0.5, 0.6) is 11.5 Å². The molecule has 3 nitrogen and oxygen atoms in total. The van der Waals surface area contributed by atoms with Crippen molar-refractivity contribution in [1.82, 2.24) is 5.32 Å². The van der Waals surface area contributed by atoms with E-state index in [9.17, 15) is 5.11 Å². The maximum Gasteiger partial charge on any atom is 0.160 e. The third kappa shape index (κ3) is 3.66. The van der Waals surface area contributed by atoms with Crippen LogP contribution in [-0.4, -0.2) is 18.3 Å². The van der Waals surface area contributed by atoms with Crippen molar-refractivity contribution in [2.24, 2.45) is 11.8 Å². The molecule has 2 N–H and O–H groups in total. The van der Waals surface area contributed by atoms with E-state index in [1.54, 1.807) is 13.2 Å². The van der Waals surface area contributed by atoms with Crippen LogP contribution >= 0.6 is 0 Å². The molecule has 1 aromatic carbocycles. The van der Waals surface area contributed by atoms with Crippen molar-refractivity contribution in [3.05, 3.63) is 23.8 Å². The molecule has 0 spiro atoms. The Labute approximate surface area is 122 Å². The monoisotopic (exact) mass is 277 g/mol. The van der Waals surface area contributed by atoms with E-state index in [4.69, 9.17) is 4.74 Å². The van der Waals surface area contributed by atoms with Gasteiger partial charge in [0.2, 0.25) is 0 Å². The molecule has 2 unspecified atom stereocenters. The van der Waals surface area contributed by atoms with E-state index in [1.807, 2.05) is 12.1 Å². The quantitative estimate of drug-likeness (QED) is 0.862. The molecular formula is C17H27NO2. The van der Waals surface area contributed by atoms with Gasteiger partial charge in [0.25, 0.3) is 0 Å². The second-order valence-electron chi connectivity index (χ2n) is 6.19. The van der Waals surface area contributed by atoms with Crippen LogP contribution in [0.1, 0.15) is 45.1 Å². The molecule has 20 heavy (non-hydrogen) atoms. The minimum Gasteiger partial charge on any atom is -0.504 e. The zero-order chi connectivity index (χ0) is 14.5. The summed E-state index contributed by atoms with van der Waals surface area (Å²) in [6, 6.07) is 6.19. The van der Waals surface area contributed by atoms with Crippen molar-refractivity contribution in [2.45, 2.75) is 52.1 Å². The van der Waals surface area contributed by atoms with E-state index in [-0.39, 0.29) is 5.75 Å². The van der Waals surface area contributed by atoms with Gasteiger partial charge in [-0.15, -0.1) is 0 Å². The number of ether oxygens (including phenoxy) is 1. The Hall–Kier alpha value is -1.22. The molecule has 0 amide bonds. The fraction of sp³-hybridized carbons (Fsp3) is 0.647. The largest absolute Gasteiger partial charge is 0.504 e. The molecule has 3 heteroatoms. The Bertz CT molecular complexity index is 431. The molecule has 0 aromatic heterocycles. The summed E-state index contributed by atoms with van der Waals surface area (Å²) in [5.41, 5.74) is 1.16. The minimum absolute atomic E-state index is 0.203. The van der Waals surface area contributed by atoms with E-state index >= 15 is 0 Å². The van der Waals surface area contributed by atoms with Gasteiger partial charge in [0, 0.05) is 12.6 Å². The van der Waals surface area contributed by atoms with Crippen molar-refractivity contribution in [1.29, 1.82) is 0 Å². The fourth-order valence-corrected chi connectivity index (χ4v) is 3.29. The number of aromatic hydroxyl groups is 1. The zero-order valence-corrected chi connectivity index (χ0v) is 12.9. The Morgan fingerprint density at radius 2 is 2.05 bits per heavy atom. The molecular weight excluding hydrogens is 250 g/mol. The van der Waals surface area contributed by atoms with Crippen molar-refractivity contribution < 1.29 is 9.84 Å². The summed E-state index contributed by atoms with van der Waals surface area (Å²) >= 11 is 0. The van der Waals surface area contributed by atoms with Crippen molar-refractivity contribution in [3.63, 3.8) is 0 Å². The number of rotatable bonds is 5. The van der Waals surface area contributed by atoms with Gasteiger partial charge in [0.1, 0.15) is 0 Å². The lowest BCUT2D eigenvalue weighted by molar-refractivity contribution is 0.204. The maximum absolute atomic E-state index is 9.62. The molecule has 1 aliphatic carbocycles. The van der Waals surface area contributed by atoms with Gasteiger partial charge in [-0.3, -0.25) is 0 Å². The Balaban J connectivity index is 1.96. The van der Waals surface area contributed by atoms with Crippen molar-refractivity contribution >= 4 is 0 Å². The van der Waals surface area contributed by atoms with Gasteiger partial charge in [-0.25, -0.2) is 0 Å². The van der Waals surface area contributed by atoms with Gasteiger partial charge in [0.05, 0.1) is 7.11 Å². The van der Waals surface area contributed by atoms with Gasteiger partial charge in [-0.1, -0.05) is 32.8 Å². The smallest absolute Gasteiger partial charge is 0.160 e. The Morgan fingerprint density at radius 1 is 1.30 bits per heavy atom. The number of methoxy groups -OCH3 is 1. The number of phenols is 1. The molecule has 112 valence electrons. The molecule has 0 heterocycles. The Kier molecular flexibility index (Phi) is 5.30. The van der Waals surface area contributed by atoms with Crippen LogP contribution in [0, 0.1) is 11.8 Å². The first-order valence-electron chi connectivity index (χ1n) is 7.71. The number of phenolic OH excluding ortho intramolecular Hbond substituents is 1. The highest BCUT2D eigenvalue weighted by atomic mass is 16.5. The summed E-state index contributed by atoms with van der Waals surface area (Å²) in [5, 5.41) is 13.3. The van der Waals surface area contributed by atoms with Gasteiger partial charge >= 0.3 is 0 Å². The topological polar surface area (TPSA) is 41.5 Å². The third-order valence-electron chi connectivity index (χ3n) is 4.49. The predicted octanol–water partition coefficient (Wildman–Crippen LogP) is 3.71. The van der Waals surface area contributed by atoms with E-state index in [0.717, 1.165) is 23.9 Å². The van der Waals surface area contributed by atoms with Gasteiger partial charge in [0.15, 0.2) is 11.5 Å². The molecule has 1 fully saturated rings. The zero-order valence-electron chi connectivity index (χ0n) is 12.9. The van der Waals surface area contributed by atoms with Gasteiger partial charge in [-0.05, 0) is 42.4 Å². The second-order valence-corrected chi connectivity index (χ2v) is 6.19. The second kappa shape index (κ2) is 6.98. The third-order valence-corrected chi connectivity index (χ3v) is 4.49. The summed E-state index contributed by atoms with van der Waals surface area (Å²) in [6.45, 7) is 5.49. The summed E-state index contributed by atoms with van der Waals surface area (Å²) in [6.07, 6.45) is 5.32. The van der Waals surface area contributed by atoms with Crippen molar-refractivity contribution in [3.8, 4) is 11.5 Å². The normalized spacial score (nSPS) is 23.0. The lowest BCUT2D eigenvalue weighted by atomic mass is 9.78.